The van der Waals surface area contributed by atoms with Gasteiger partial charge < -0.3 is 9.84 Å². The Bertz CT molecular complexity index is 433. The molecule has 102 valence electrons. The van der Waals surface area contributed by atoms with E-state index in [0.717, 1.165) is 10.0 Å². The minimum atomic E-state index is -0.518. The van der Waals surface area contributed by atoms with Gasteiger partial charge in [0.05, 0.1) is 19.3 Å². The number of halogens is 1. The highest BCUT2D eigenvalue weighted by Crippen LogP contribution is 2.23. The third-order valence-electron chi connectivity index (χ3n) is 2.70. The number of aliphatic hydroxyl groups is 1. The number of rotatable bonds is 8. The highest BCUT2D eigenvalue weighted by molar-refractivity contribution is 9.10. The molecule has 0 heterocycles. The molecule has 0 aromatic heterocycles. The van der Waals surface area contributed by atoms with Gasteiger partial charge in [0.1, 0.15) is 0 Å². The molecule has 2 nitrogen and oxygen atoms in total. The predicted molar refractivity (Wildman–Crippen MR) is 81.9 cm³/mol. The molecule has 2 unspecified atom stereocenters. The van der Waals surface area contributed by atoms with E-state index in [4.69, 9.17) is 4.74 Å². The molecule has 1 aromatic carbocycles. The predicted octanol–water partition coefficient (Wildman–Crippen LogP) is 4.03. The van der Waals surface area contributed by atoms with Crippen LogP contribution in [-0.4, -0.2) is 18.3 Å². The maximum atomic E-state index is 10.2. The molecular formula is C16H19BrO2. The van der Waals surface area contributed by atoms with Crippen molar-refractivity contribution in [2.75, 3.05) is 13.2 Å². The SMILES string of the molecule is C=C=CC(COCC=C)CC(O)c1ccc(Br)cc1. The van der Waals surface area contributed by atoms with Gasteiger partial charge in [-0.15, -0.1) is 12.3 Å². The van der Waals surface area contributed by atoms with E-state index in [1.807, 2.05) is 30.3 Å². The van der Waals surface area contributed by atoms with Gasteiger partial charge in [-0.3, -0.25) is 0 Å². The molecule has 1 N–H and O–H groups in total. The first-order chi connectivity index (χ1) is 9.17. The Morgan fingerprint density at radius 2 is 2.05 bits per heavy atom. The van der Waals surface area contributed by atoms with Gasteiger partial charge in [0.15, 0.2) is 0 Å². The third-order valence-corrected chi connectivity index (χ3v) is 3.23. The lowest BCUT2D eigenvalue weighted by molar-refractivity contribution is 0.0969. The summed E-state index contributed by atoms with van der Waals surface area (Å²) in [7, 11) is 0. The standard InChI is InChI=1S/C16H19BrO2/c1-3-5-13(12-19-10-4-2)11-16(18)14-6-8-15(17)9-7-14/h4-9,13,16,18H,1-2,10-12H2. The molecular weight excluding hydrogens is 304 g/mol. The molecule has 0 amide bonds. The summed E-state index contributed by atoms with van der Waals surface area (Å²) in [6, 6.07) is 7.66. The molecule has 0 aliphatic heterocycles. The van der Waals surface area contributed by atoms with Crippen LogP contribution < -0.4 is 0 Å². The van der Waals surface area contributed by atoms with Crippen LogP contribution >= 0.6 is 15.9 Å². The van der Waals surface area contributed by atoms with Crippen molar-refractivity contribution in [3.8, 4) is 0 Å². The fraction of sp³-hybridized carbons (Fsp3) is 0.312. The first kappa shape index (κ1) is 15.9. The summed E-state index contributed by atoms with van der Waals surface area (Å²) in [5.74, 6) is 0.0936. The number of hydrogen-bond donors (Lipinski definition) is 1. The quantitative estimate of drug-likeness (QED) is 0.445. The van der Waals surface area contributed by atoms with Crippen LogP contribution in [0, 0.1) is 5.92 Å². The maximum Gasteiger partial charge on any atom is 0.0796 e. The van der Waals surface area contributed by atoms with Crippen molar-refractivity contribution in [3.63, 3.8) is 0 Å². The number of benzene rings is 1. The van der Waals surface area contributed by atoms with Crippen LogP contribution in [0.25, 0.3) is 0 Å². The minimum absolute atomic E-state index is 0.0936. The van der Waals surface area contributed by atoms with Gasteiger partial charge in [0, 0.05) is 10.4 Å². The lowest BCUT2D eigenvalue weighted by atomic mass is 9.97. The molecule has 3 heteroatoms. The normalized spacial score (nSPS) is 13.4. The number of aliphatic hydroxyl groups excluding tert-OH is 1. The average Bonchev–Trinajstić information content (AvgIpc) is 2.40. The molecule has 0 aliphatic rings. The summed E-state index contributed by atoms with van der Waals surface area (Å²) in [5, 5.41) is 10.2. The van der Waals surface area contributed by atoms with Crippen LogP contribution in [0.3, 0.4) is 0 Å². The zero-order valence-corrected chi connectivity index (χ0v) is 12.5. The van der Waals surface area contributed by atoms with Crippen molar-refractivity contribution >= 4 is 15.9 Å². The van der Waals surface area contributed by atoms with Crippen LogP contribution in [0.2, 0.25) is 0 Å². The second-order valence-corrected chi connectivity index (χ2v) is 5.18. The number of ether oxygens (including phenoxy) is 1. The summed E-state index contributed by atoms with van der Waals surface area (Å²) >= 11 is 3.38. The summed E-state index contributed by atoms with van der Waals surface area (Å²) in [5.41, 5.74) is 3.66. The molecule has 0 aliphatic carbocycles. The highest BCUT2D eigenvalue weighted by Gasteiger charge is 2.14. The summed E-state index contributed by atoms with van der Waals surface area (Å²) in [4.78, 5) is 0. The molecule has 0 spiro atoms. The largest absolute Gasteiger partial charge is 0.388 e. The van der Waals surface area contributed by atoms with Gasteiger partial charge in [0.25, 0.3) is 0 Å². The number of hydrogen-bond acceptors (Lipinski definition) is 2. The Balaban J connectivity index is 2.59. The van der Waals surface area contributed by atoms with Crippen molar-refractivity contribution in [1.29, 1.82) is 0 Å². The molecule has 0 saturated heterocycles. The first-order valence-electron chi connectivity index (χ1n) is 6.15. The van der Waals surface area contributed by atoms with Crippen molar-refractivity contribution in [3.05, 3.63) is 65.3 Å². The molecule has 0 bridgehead atoms. The molecule has 2 atom stereocenters. The Kier molecular flexibility index (Phi) is 7.46. The molecule has 0 saturated carbocycles. The smallest absolute Gasteiger partial charge is 0.0796 e. The summed E-state index contributed by atoms with van der Waals surface area (Å²) in [6.07, 6.45) is 3.61. The minimum Gasteiger partial charge on any atom is -0.388 e. The maximum absolute atomic E-state index is 10.2. The molecule has 1 aromatic rings. The van der Waals surface area contributed by atoms with Crippen molar-refractivity contribution < 1.29 is 9.84 Å². The lowest BCUT2D eigenvalue weighted by Gasteiger charge is -2.17. The second kappa shape index (κ2) is 8.89. The Labute approximate surface area is 123 Å². The van der Waals surface area contributed by atoms with E-state index in [-0.39, 0.29) is 5.92 Å². The average molecular weight is 323 g/mol. The van der Waals surface area contributed by atoms with Crippen LogP contribution in [0.1, 0.15) is 18.1 Å². The summed E-state index contributed by atoms with van der Waals surface area (Å²) < 4.78 is 6.42. The Morgan fingerprint density at radius 1 is 1.37 bits per heavy atom. The van der Waals surface area contributed by atoms with E-state index >= 15 is 0 Å². The van der Waals surface area contributed by atoms with Gasteiger partial charge in [-0.2, -0.15) is 0 Å². The van der Waals surface area contributed by atoms with E-state index in [0.29, 0.717) is 19.6 Å². The third kappa shape index (κ3) is 6.04. The monoisotopic (exact) mass is 322 g/mol. The molecule has 0 radical (unpaired) electrons. The van der Waals surface area contributed by atoms with Crippen LogP contribution in [0.15, 0.2) is 59.8 Å². The fourth-order valence-corrected chi connectivity index (χ4v) is 2.03. The highest BCUT2D eigenvalue weighted by atomic mass is 79.9. The van der Waals surface area contributed by atoms with Gasteiger partial charge in [0.2, 0.25) is 0 Å². The topological polar surface area (TPSA) is 29.5 Å². The lowest BCUT2D eigenvalue weighted by Crippen LogP contribution is -2.12. The van der Waals surface area contributed by atoms with Gasteiger partial charge in [-0.05, 0) is 30.2 Å². The van der Waals surface area contributed by atoms with E-state index in [9.17, 15) is 5.11 Å². The van der Waals surface area contributed by atoms with Crippen LogP contribution in [0.5, 0.6) is 0 Å². The molecule has 19 heavy (non-hydrogen) atoms. The Hall–Kier alpha value is -1.12. The molecule has 1 rings (SSSR count). The van der Waals surface area contributed by atoms with Crippen LogP contribution in [0.4, 0.5) is 0 Å². The van der Waals surface area contributed by atoms with Crippen LogP contribution in [-0.2, 0) is 4.74 Å². The van der Waals surface area contributed by atoms with Crippen molar-refractivity contribution in [1.82, 2.24) is 0 Å². The second-order valence-electron chi connectivity index (χ2n) is 4.26. The van der Waals surface area contributed by atoms with E-state index in [1.54, 1.807) is 6.08 Å². The van der Waals surface area contributed by atoms with Crippen molar-refractivity contribution in [2.45, 2.75) is 12.5 Å². The van der Waals surface area contributed by atoms with Gasteiger partial charge in [-0.25, -0.2) is 0 Å². The van der Waals surface area contributed by atoms with E-state index in [2.05, 4.69) is 34.8 Å². The fourth-order valence-electron chi connectivity index (χ4n) is 1.76. The Morgan fingerprint density at radius 3 is 2.63 bits per heavy atom. The first-order valence-corrected chi connectivity index (χ1v) is 6.94. The zero-order valence-electron chi connectivity index (χ0n) is 10.9. The van der Waals surface area contributed by atoms with Gasteiger partial charge in [-0.1, -0.05) is 40.7 Å². The van der Waals surface area contributed by atoms with E-state index in [1.165, 1.54) is 0 Å². The zero-order chi connectivity index (χ0) is 14.1. The summed E-state index contributed by atoms with van der Waals surface area (Å²) in [6.45, 7) is 8.22. The van der Waals surface area contributed by atoms with E-state index < -0.39 is 6.10 Å². The molecule has 0 fully saturated rings. The van der Waals surface area contributed by atoms with Gasteiger partial charge >= 0.3 is 0 Å². The van der Waals surface area contributed by atoms with Crippen molar-refractivity contribution in [2.24, 2.45) is 5.92 Å².